The van der Waals surface area contributed by atoms with Crippen LogP contribution >= 0.6 is 0 Å². The number of rotatable bonds is 7. The Labute approximate surface area is 110 Å². The third-order valence-electron chi connectivity index (χ3n) is 3.22. The van der Waals surface area contributed by atoms with Crippen LogP contribution in [0.2, 0.25) is 0 Å². The summed E-state index contributed by atoms with van der Waals surface area (Å²) in [5.74, 6) is 0.0998. The minimum atomic E-state index is 0.0998. The largest absolute Gasteiger partial charge is 0.326 e. The third-order valence-corrected chi connectivity index (χ3v) is 3.22. The van der Waals surface area contributed by atoms with Crippen LogP contribution in [0.5, 0.6) is 0 Å². The summed E-state index contributed by atoms with van der Waals surface area (Å²) in [5, 5.41) is 3.00. The van der Waals surface area contributed by atoms with Gasteiger partial charge in [0.25, 0.3) is 0 Å². The maximum absolute atomic E-state index is 11.9. The number of nitrogens with one attached hydrogen (secondary N) is 1. The van der Waals surface area contributed by atoms with Gasteiger partial charge >= 0.3 is 0 Å². The van der Waals surface area contributed by atoms with E-state index >= 15 is 0 Å². The van der Waals surface area contributed by atoms with Crippen molar-refractivity contribution in [2.45, 2.75) is 33.6 Å². The molecule has 0 aromatic heterocycles. The molecule has 0 spiro atoms. The van der Waals surface area contributed by atoms with Crippen LogP contribution in [0.15, 0.2) is 24.3 Å². The van der Waals surface area contributed by atoms with Gasteiger partial charge in [-0.25, -0.2) is 0 Å². The van der Waals surface area contributed by atoms with E-state index < -0.39 is 0 Å². The van der Waals surface area contributed by atoms with Crippen LogP contribution in [0.1, 0.15) is 32.8 Å². The van der Waals surface area contributed by atoms with Gasteiger partial charge in [-0.15, -0.1) is 0 Å². The molecule has 1 N–H and O–H groups in total. The zero-order chi connectivity index (χ0) is 13.4. The summed E-state index contributed by atoms with van der Waals surface area (Å²) in [6.45, 7) is 9.15. The lowest BCUT2D eigenvalue weighted by atomic mass is 10.1. The monoisotopic (exact) mass is 248 g/mol. The standard InChI is InChI=1S/C15H24N2O/c1-4-13-9-7-8-10-14(13)16-15(18)11-12-17(5-2)6-3/h7-10H,4-6,11-12H2,1-3H3,(H,16,18). The van der Waals surface area contributed by atoms with Crippen LogP contribution in [-0.4, -0.2) is 30.4 Å². The molecule has 3 nitrogen and oxygen atoms in total. The van der Waals surface area contributed by atoms with E-state index in [1.54, 1.807) is 0 Å². The number of anilines is 1. The first-order valence-corrected chi connectivity index (χ1v) is 6.81. The SMILES string of the molecule is CCc1ccccc1NC(=O)CCN(CC)CC. The number of carbonyl (C=O) groups is 1. The number of benzene rings is 1. The van der Waals surface area contributed by atoms with Crippen LogP contribution in [0.3, 0.4) is 0 Å². The Morgan fingerprint density at radius 3 is 2.44 bits per heavy atom. The van der Waals surface area contributed by atoms with Crippen molar-refractivity contribution in [3.8, 4) is 0 Å². The molecule has 1 aromatic rings. The van der Waals surface area contributed by atoms with Gasteiger partial charge in [0.2, 0.25) is 5.91 Å². The summed E-state index contributed by atoms with van der Waals surface area (Å²) < 4.78 is 0. The van der Waals surface area contributed by atoms with E-state index in [-0.39, 0.29) is 5.91 Å². The fraction of sp³-hybridized carbons (Fsp3) is 0.533. The second-order valence-corrected chi connectivity index (χ2v) is 4.34. The lowest BCUT2D eigenvalue weighted by Gasteiger charge is -2.17. The summed E-state index contributed by atoms with van der Waals surface area (Å²) in [5.41, 5.74) is 2.14. The molecule has 0 heterocycles. The number of hydrogen-bond acceptors (Lipinski definition) is 2. The molecule has 1 rings (SSSR count). The maximum Gasteiger partial charge on any atom is 0.225 e. The molecule has 0 unspecified atom stereocenters. The predicted molar refractivity (Wildman–Crippen MR) is 76.9 cm³/mol. The van der Waals surface area contributed by atoms with E-state index in [1.807, 2.05) is 18.2 Å². The van der Waals surface area contributed by atoms with E-state index in [9.17, 15) is 4.79 Å². The smallest absolute Gasteiger partial charge is 0.225 e. The zero-order valence-corrected chi connectivity index (χ0v) is 11.7. The van der Waals surface area contributed by atoms with Gasteiger partial charge in [0.1, 0.15) is 0 Å². The first-order chi connectivity index (χ1) is 8.71. The van der Waals surface area contributed by atoms with E-state index in [1.165, 1.54) is 5.56 Å². The van der Waals surface area contributed by atoms with Crippen LogP contribution in [-0.2, 0) is 11.2 Å². The van der Waals surface area contributed by atoms with Gasteiger partial charge in [-0.3, -0.25) is 4.79 Å². The molecule has 1 amide bonds. The van der Waals surface area contributed by atoms with Crippen LogP contribution < -0.4 is 5.32 Å². The first-order valence-electron chi connectivity index (χ1n) is 6.81. The molecule has 1 aromatic carbocycles. The average molecular weight is 248 g/mol. The Morgan fingerprint density at radius 2 is 1.83 bits per heavy atom. The summed E-state index contributed by atoms with van der Waals surface area (Å²) in [6.07, 6.45) is 1.49. The molecular weight excluding hydrogens is 224 g/mol. The second-order valence-electron chi connectivity index (χ2n) is 4.34. The molecule has 0 radical (unpaired) electrons. The summed E-state index contributed by atoms with van der Waals surface area (Å²) in [7, 11) is 0. The molecule has 100 valence electrons. The lowest BCUT2D eigenvalue weighted by Crippen LogP contribution is -2.27. The van der Waals surface area contributed by atoms with Crippen molar-refractivity contribution in [1.29, 1.82) is 0 Å². The minimum Gasteiger partial charge on any atom is -0.326 e. The van der Waals surface area contributed by atoms with Gasteiger partial charge in [0.05, 0.1) is 0 Å². The zero-order valence-electron chi connectivity index (χ0n) is 11.7. The van der Waals surface area contributed by atoms with Crippen molar-refractivity contribution in [2.24, 2.45) is 0 Å². The molecule has 0 fully saturated rings. The Kier molecular flexibility index (Phi) is 6.44. The second kappa shape index (κ2) is 7.88. The van der Waals surface area contributed by atoms with Crippen molar-refractivity contribution in [3.05, 3.63) is 29.8 Å². The van der Waals surface area contributed by atoms with Gasteiger partial charge in [-0.1, -0.05) is 39.0 Å². The van der Waals surface area contributed by atoms with Gasteiger partial charge in [-0.05, 0) is 31.1 Å². The van der Waals surface area contributed by atoms with Crippen LogP contribution in [0.25, 0.3) is 0 Å². The summed E-state index contributed by atoms with van der Waals surface area (Å²) in [4.78, 5) is 14.1. The molecule has 0 bridgehead atoms. The van der Waals surface area contributed by atoms with Crippen molar-refractivity contribution in [1.82, 2.24) is 4.90 Å². The number of carbonyl (C=O) groups excluding carboxylic acids is 1. The van der Waals surface area contributed by atoms with Crippen molar-refractivity contribution in [3.63, 3.8) is 0 Å². The molecule has 0 atom stereocenters. The Balaban J connectivity index is 2.49. The van der Waals surface area contributed by atoms with E-state index in [0.717, 1.165) is 31.7 Å². The highest BCUT2D eigenvalue weighted by molar-refractivity contribution is 5.91. The van der Waals surface area contributed by atoms with E-state index in [2.05, 4.69) is 37.1 Å². The summed E-state index contributed by atoms with van der Waals surface area (Å²) >= 11 is 0. The first kappa shape index (κ1) is 14.7. The highest BCUT2D eigenvalue weighted by atomic mass is 16.1. The Hall–Kier alpha value is -1.35. The Bertz CT molecular complexity index is 373. The molecule has 0 aliphatic rings. The Morgan fingerprint density at radius 1 is 1.17 bits per heavy atom. The lowest BCUT2D eigenvalue weighted by molar-refractivity contribution is -0.116. The van der Waals surface area contributed by atoms with Crippen LogP contribution in [0.4, 0.5) is 5.69 Å². The molecule has 3 heteroatoms. The predicted octanol–water partition coefficient (Wildman–Crippen LogP) is 2.92. The normalized spacial score (nSPS) is 10.7. The van der Waals surface area contributed by atoms with Gasteiger partial charge in [0.15, 0.2) is 0 Å². The number of amides is 1. The number of hydrogen-bond donors (Lipinski definition) is 1. The van der Waals surface area contributed by atoms with Crippen molar-refractivity contribution in [2.75, 3.05) is 25.0 Å². The molecule has 0 aliphatic carbocycles. The van der Waals surface area contributed by atoms with Crippen molar-refractivity contribution >= 4 is 11.6 Å². The molecule has 0 saturated carbocycles. The van der Waals surface area contributed by atoms with E-state index in [0.29, 0.717) is 6.42 Å². The maximum atomic E-state index is 11.9. The fourth-order valence-electron chi connectivity index (χ4n) is 1.96. The quantitative estimate of drug-likeness (QED) is 0.804. The average Bonchev–Trinajstić information content (AvgIpc) is 2.40. The highest BCUT2D eigenvalue weighted by Crippen LogP contribution is 2.15. The van der Waals surface area contributed by atoms with Gasteiger partial charge in [-0.2, -0.15) is 0 Å². The topological polar surface area (TPSA) is 32.3 Å². The van der Waals surface area contributed by atoms with E-state index in [4.69, 9.17) is 0 Å². The van der Waals surface area contributed by atoms with Gasteiger partial charge < -0.3 is 10.2 Å². The fourth-order valence-corrected chi connectivity index (χ4v) is 1.96. The number of nitrogens with zero attached hydrogens (tertiary/aromatic N) is 1. The van der Waals surface area contributed by atoms with Gasteiger partial charge in [0, 0.05) is 18.7 Å². The minimum absolute atomic E-state index is 0.0998. The highest BCUT2D eigenvalue weighted by Gasteiger charge is 2.07. The molecule has 0 saturated heterocycles. The molecule has 0 aliphatic heterocycles. The molecular formula is C15H24N2O. The number of para-hydroxylation sites is 1. The third kappa shape index (κ3) is 4.49. The van der Waals surface area contributed by atoms with Crippen LogP contribution in [0, 0.1) is 0 Å². The molecule has 18 heavy (non-hydrogen) atoms. The summed E-state index contributed by atoms with van der Waals surface area (Å²) in [6, 6.07) is 7.98. The van der Waals surface area contributed by atoms with Crippen molar-refractivity contribution < 1.29 is 4.79 Å². The number of aryl methyl sites for hydroxylation is 1.